The van der Waals surface area contributed by atoms with Crippen LogP contribution >= 0.6 is 11.8 Å². The molecule has 3 rings (SSSR count). The van der Waals surface area contributed by atoms with Crippen LogP contribution < -0.4 is 10.9 Å². The first-order valence-corrected chi connectivity index (χ1v) is 8.52. The van der Waals surface area contributed by atoms with Gasteiger partial charge in [0, 0.05) is 12.3 Å². The quantitative estimate of drug-likeness (QED) is 0.643. The van der Waals surface area contributed by atoms with Gasteiger partial charge in [-0.25, -0.2) is 4.98 Å². The Morgan fingerprint density at radius 2 is 1.92 bits per heavy atom. The second-order valence-electron chi connectivity index (χ2n) is 5.49. The van der Waals surface area contributed by atoms with Gasteiger partial charge in [0.15, 0.2) is 5.16 Å². The molecule has 2 heterocycles. The Hall–Kier alpha value is -2.29. The van der Waals surface area contributed by atoms with Crippen LogP contribution in [0.1, 0.15) is 36.0 Å². The van der Waals surface area contributed by atoms with Crippen molar-refractivity contribution in [2.75, 3.05) is 11.1 Å². The highest BCUT2D eigenvalue weighted by molar-refractivity contribution is 7.99. The fraction of sp³-hybridized carbons (Fsp3) is 0.312. The fourth-order valence-electron chi connectivity index (χ4n) is 2.74. The Balaban J connectivity index is 2.05. The molecule has 1 atom stereocenters. The normalized spacial score (nSPS) is 17.1. The Morgan fingerprint density at radius 1 is 1.24 bits per heavy atom. The zero-order chi connectivity index (χ0) is 18.2. The maximum absolute atomic E-state index is 12.7. The number of nitrogens with one attached hydrogen (secondary N) is 2. The van der Waals surface area contributed by atoms with E-state index >= 15 is 0 Å². The molecular weight excluding hydrogens is 355 g/mol. The molecule has 2 N–H and O–H groups in total. The number of rotatable bonds is 3. The van der Waals surface area contributed by atoms with Gasteiger partial charge in [-0.3, -0.25) is 9.59 Å². The number of carbonyl (C=O) groups is 1. The lowest BCUT2D eigenvalue weighted by atomic mass is 9.86. The second-order valence-corrected chi connectivity index (χ2v) is 6.74. The third kappa shape index (κ3) is 3.55. The molecule has 1 amide bonds. The predicted molar refractivity (Wildman–Crippen MR) is 87.8 cm³/mol. The highest BCUT2D eigenvalue weighted by Gasteiger charge is 2.33. The van der Waals surface area contributed by atoms with Crippen LogP contribution in [0.15, 0.2) is 34.2 Å². The standard InChI is InChI=1S/C16H14F3N3O2S/c1-2-25-15-21-13-12(14(24)22-15)10(7-11(23)20-13)8-3-5-9(6-4-8)16(17,18)19/h3-6,10H,2,7H2,1H3,(H2,20,21,22,23,24)/t10-/m0/s1. The summed E-state index contributed by atoms with van der Waals surface area (Å²) in [4.78, 5) is 31.3. The number of fused-ring (bicyclic) bond motifs is 1. The van der Waals surface area contributed by atoms with Crippen molar-refractivity contribution in [3.05, 3.63) is 51.3 Å². The number of benzene rings is 1. The average molecular weight is 369 g/mol. The number of H-pyrrole nitrogens is 1. The van der Waals surface area contributed by atoms with Crippen LogP contribution in [0.4, 0.5) is 19.0 Å². The first-order valence-electron chi connectivity index (χ1n) is 7.53. The van der Waals surface area contributed by atoms with Crippen molar-refractivity contribution < 1.29 is 18.0 Å². The number of anilines is 1. The minimum atomic E-state index is -4.44. The molecule has 1 aromatic heterocycles. The zero-order valence-corrected chi connectivity index (χ0v) is 13.9. The van der Waals surface area contributed by atoms with Crippen molar-refractivity contribution in [3.63, 3.8) is 0 Å². The SMILES string of the molecule is CCSc1nc2c(c(=O)[nH]1)[C@H](c1ccc(C(F)(F)F)cc1)CC(=O)N2. The molecule has 5 nitrogen and oxygen atoms in total. The largest absolute Gasteiger partial charge is 0.416 e. The third-order valence-corrected chi connectivity index (χ3v) is 4.61. The van der Waals surface area contributed by atoms with E-state index in [1.165, 1.54) is 23.9 Å². The van der Waals surface area contributed by atoms with Crippen LogP contribution in [0, 0.1) is 0 Å². The molecule has 1 aromatic carbocycles. The summed E-state index contributed by atoms with van der Waals surface area (Å²) >= 11 is 1.32. The number of thioether (sulfide) groups is 1. The van der Waals surface area contributed by atoms with Gasteiger partial charge in [0.1, 0.15) is 5.82 Å². The molecule has 0 saturated heterocycles. The number of hydrogen-bond acceptors (Lipinski definition) is 4. The first kappa shape index (κ1) is 17.5. The lowest BCUT2D eigenvalue weighted by molar-refractivity contribution is -0.137. The van der Waals surface area contributed by atoms with Crippen LogP contribution in [0.5, 0.6) is 0 Å². The summed E-state index contributed by atoms with van der Waals surface area (Å²) in [6.07, 6.45) is -4.46. The highest BCUT2D eigenvalue weighted by Crippen LogP contribution is 2.36. The summed E-state index contributed by atoms with van der Waals surface area (Å²) in [5.74, 6) is -0.107. The second kappa shape index (κ2) is 6.55. The van der Waals surface area contributed by atoms with Crippen molar-refractivity contribution in [1.29, 1.82) is 0 Å². The molecule has 0 saturated carbocycles. The van der Waals surface area contributed by atoms with Gasteiger partial charge in [-0.15, -0.1) is 0 Å². The van der Waals surface area contributed by atoms with Crippen LogP contribution in [0.2, 0.25) is 0 Å². The lowest BCUT2D eigenvalue weighted by Crippen LogP contribution is -2.31. The van der Waals surface area contributed by atoms with Gasteiger partial charge in [0.2, 0.25) is 5.91 Å². The Kier molecular flexibility index (Phi) is 4.59. The molecule has 25 heavy (non-hydrogen) atoms. The predicted octanol–water partition coefficient (Wildman–Crippen LogP) is 3.37. The molecule has 0 aliphatic carbocycles. The van der Waals surface area contributed by atoms with Gasteiger partial charge in [-0.05, 0) is 23.4 Å². The van der Waals surface area contributed by atoms with Gasteiger partial charge in [0.05, 0.1) is 11.1 Å². The van der Waals surface area contributed by atoms with Gasteiger partial charge < -0.3 is 10.3 Å². The minimum absolute atomic E-state index is 0.0244. The van der Waals surface area contributed by atoms with E-state index in [-0.39, 0.29) is 23.7 Å². The molecule has 9 heteroatoms. The molecule has 0 spiro atoms. The molecule has 1 aliphatic rings. The van der Waals surface area contributed by atoms with Crippen LogP contribution in [-0.2, 0) is 11.0 Å². The molecular formula is C16H14F3N3O2S. The van der Waals surface area contributed by atoms with E-state index in [0.29, 0.717) is 16.5 Å². The van der Waals surface area contributed by atoms with E-state index in [9.17, 15) is 22.8 Å². The molecule has 0 radical (unpaired) electrons. The molecule has 2 aromatic rings. The van der Waals surface area contributed by atoms with Gasteiger partial charge in [-0.1, -0.05) is 30.8 Å². The number of alkyl halides is 3. The number of amides is 1. The Bertz CT molecular complexity index is 862. The van der Waals surface area contributed by atoms with Crippen molar-refractivity contribution >= 4 is 23.5 Å². The lowest BCUT2D eigenvalue weighted by Gasteiger charge is -2.24. The third-order valence-electron chi connectivity index (χ3n) is 3.85. The maximum atomic E-state index is 12.7. The number of aromatic amines is 1. The van der Waals surface area contributed by atoms with Crippen LogP contribution in [0.3, 0.4) is 0 Å². The summed E-state index contributed by atoms with van der Waals surface area (Å²) in [6, 6.07) is 4.49. The van der Waals surface area contributed by atoms with E-state index < -0.39 is 23.2 Å². The summed E-state index contributed by atoms with van der Waals surface area (Å²) in [7, 11) is 0. The average Bonchev–Trinajstić information content (AvgIpc) is 2.53. The first-order chi connectivity index (χ1) is 11.8. The summed E-state index contributed by atoms with van der Waals surface area (Å²) in [5, 5.41) is 2.96. The molecule has 132 valence electrons. The monoisotopic (exact) mass is 369 g/mol. The minimum Gasteiger partial charge on any atom is -0.310 e. The zero-order valence-electron chi connectivity index (χ0n) is 13.1. The smallest absolute Gasteiger partial charge is 0.310 e. The molecule has 0 fully saturated rings. The Labute approximate surface area is 145 Å². The van der Waals surface area contributed by atoms with E-state index in [1.54, 1.807) is 0 Å². The number of nitrogens with zero attached hydrogens (tertiary/aromatic N) is 1. The number of halogens is 3. The number of aromatic nitrogens is 2. The van der Waals surface area contributed by atoms with E-state index in [4.69, 9.17) is 0 Å². The van der Waals surface area contributed by atoms with E-state index in [2.05, 4.69) is 15.3 Å². The van der Waals surface area contributed by atoms with E-state index in [1.807, 2.05) is 6.92 Å². The van der Waals surface area contributed by atoms with Crippen molar-refractivity contribution in [3.8, 4) is 0 Å². The van der Waals surface area contributed by atoms with Crippen LogP contribution in [-0.4, -0.2) is 21.6 Å². The maximum Gasteiger partial charge on any atom is 0.416 e. The van der Waals surface area contributed by atoms with Gasteiger partial charge >= 0.3 is 6.18 Å². The van der Waals surface area contributed by atoms with E-state index in [0.717, 1.165) is 12.1 Å². The summed E-state index contributed by atoms with van der Waals surface area (Å²) < 4.78 is 38.1. The van der Waals surface area contributed by atoms with Gasteiger partial charge in [-0.2, -0.15) is 13.2 Å². The molecule has 1 aliphatic heterocycles. The fourth-order valence-corrected chi connectivity index (χ4v) is 3.34. The summed E-state index contributed by atoms with van der Waals surface area (Å²) in [6.45, 7) is 1.90. The van der Waals surface area contributed by atoms with Crippen molar-refractivity contribution in [2.45, 2.75) is 30.6 Å². The summed E-state index contributed by atoms with van der Waals surface area (Å²) in [5.41, 5.74) is -0.448. The highest BCUT2D eigenvalue weighted by atomic mass is 32.2. The van der Waals surface area contributed by atoms with Crippen LogP contribution in [0.25, 0.3) is 0 Å². The van der Waals surface area contributed by atoms with Crippen molar-refractivity contribution in [1.82, 2.24) is 9.97 Å². The Morgan fingerprint density at radius 3 is 2.52 bits per heavy atom. The molecule has 0 unspecified atom stereocenters. The number of carbonyl (C=O) groups excluding carboxylic acids is 1. The number of hydrogen-bond donors (Lipinski definition) is 2. The van der Waals surface area contributed by atoms with Crippen molar-refractivity contribution in [2.24, 2.45) is 0 Å². The topological polar surface area (TPSA) is 74.8 Å². The van der Waals surface area contributed by atoms with Gasteiger partial charge in [0.25, 0.3) is 5.56 Å². The molecule has 0 bridgehead atoms.